The molecule has 2 aromatic rings. The van der Waals surface area contributed by atoms with Crippen LogP contribution in [0.4, 0.5) is 5.69 Å². The van der Waals surface area contributed by atoms with Gasteiger partial charge < -0.3 is 15.4 Å². The summed E-state index contributed by atoms with van der Waals surface area (Å²) >= 11 is 0. The van der Waals surface area contributed by atoms with Gasteiger partial charge in [0.1, 0.15) is 0 Å². The van der Waals surface area contributed by atoms with E-state index < -0.39 is 0 Å². The number of benzene rings is 2. The first-order valence-corrected chi connectivity index (χ1v) is 8.85. The van der Waals surface area contributed by atoms with E-state index in [-0.39, 0.29) is 24.9 Å². The van der Waals surface area contributed by atoms with Gasteiger partial charge in [-0.25, -0.2) is 0 Å². The fourth-order valence-electron chi connectivity index (χ4n) is 2.56. The quantitative estimate of drug-likeness (QED) is 0.712. The molecule has 0 saturated carbocycles. The number of amides is 2. The van der Waals surface area contributed by atoms with E-state index in [0.717, 1.165) is 22.4 Å². The second-order valence-corrected chi connectivity index (χ2v) is 6.61. The van der Waals surface area contributed by atoms with Gasteiger partial charge in [0, 0.05) is 19.3 Å². The fraction of sp³-hybridized carbons (Fsp3) is 0.333. The van der Waals surface area contributed by atoms with Gasteiger partial charge in [0.15, 0.2) is 0 Å². The van der Waals surface area contributed by atoms with Gasteiger partial charge in [-0.05, 0) is 37.2 Å². The zero-order valence-corrected chi connectivity index (χ0v) is 16.1. The molecule has 0 atom stereocenters. The minimum Gasteiger partial charge on any atom is -0.380 e. The molecule has 2 rings (SSSR count). The molecule has 0 aliphatic heterocycles. The first-order chi connectivity index (χ1) is 13.0. The molecule has 0 aliphatic rings. The lowest BCUT2D eigenvalue weighted by Gasteiger charge is -2.16. The third-order valence-corrected chi connectivity index (χ3v) is 3.99. The maximum atomic E-state index is 12.1. The monoisotopic (exact) mass is 369 g/mol. The molecule has 6 nitrogen and oxygen atoms in total. The van der Waals surface area contributed by atoms with Gasteiger partial charge in [-0.15, -0.1) is 0 Å². The van der Waals surface area contributed by atoms with Crippen LogP contribution >= 0.6 is 0 Å². The predicted molar refractivity (Wildman–Crippen MR) is 106 cm³/mol. The van der Waals surface area contributed by atoms with Crippen LogP contribution in [0.2, 0.25) is 0 Å². The number of aryl methyl sites for hydroxylation is 1. The molecule has 0 radical (unpaired) electrons. The Morgan fingerprint density at radius 3 is 2.15 bits per heavy atom. The van der Waals surface area contributed by atoms with Gasteiger partial charge >= 0.3 is 0 Å². The molecular formula is C21H27N3O3. The van der Waals surface area contributed by atoms with Gasteiger partial charge in [0.25, 0.3) is 0 Å². The first-order valence-electron chi connectivity index (χ1n) is 8.85. The number of nitrogens with one attached hydrogen (secondary N) is 2. The third-order valence-electron chi connectivity index (χ3n) is 3.99. The van der Waals surface area contributed by atoms with Crippen molar-refractivity contribution in [1.82, 2.24) is 10.2 Å². The first kappa shape index (κ1) is 20.6. The summed E-state index contributed by atoms with van der Waals surface area (Å²) in [7, 11) is 3.40. The number of hydrogen-bond acceptors (Lipinski definition) is 4. The van der Waals surface area contributed by atoms with Crippen molar-refractivity contribution in [2.75, 3.05) is 32.6 Å². The summed E-state index contributed by atoms with van der Waals surface area (Å²) in [5.74, 6) is -0.274. The van der Waals surface area contributed by atoms with E-state index in [9.17, 15) is 9.59 Å². The fourth-order valence-corrected chi connectivity index (χ4v) is 2.56. The molecule has 0 heterocycles. The number of methoxy groups -OCH3 is 1. The van der Waals surface area contributed by atoms with Crippen molar-refractivity contribution < 1.29 is 14.3 Å². The summed E-state index contributed by atoms with van der Waals surface area (Å²) in [6, 6.07) is 15.5. The number of nitrogens with zero attached hydrogens (tertiary/aromatic N) is 1. The Bertz CT molecular complexity index is 742. The molecule has 0 saturated heterocycles. The largest absolute Gasteiger partial charge is 0.380 e. The van der Waals surface area contributed by atoms with E-state index >= 15 is 0 Å². The molecule has 27 heavy (non-hydrogen) atoms. The zero-order chi connectivity index (χ0) is 19.6. The highest BCUT2D eigenvalue weighted by Crippen LogP contribution is 2.08. The van der Waals surface area contributed by atoms with Crippen molar-refractivity contribution in [3.63, 3.8) is 0 Å². The van der Waals surface area contributed by atoms with Crippen LogP contribution in [-0.2, 0) is 27.5 Å². The van der Waals surface area contributed by atoms with Crippen molar-refractivity contribution in [1.29, 1.82) is 0 Å². The standard InChI is InChI=1S/C21H27N3O3/c1-16-4-10-19(11-5-16)23-21(26)14-24(2)13-20(25)22-12-17-6-8-18(9-7-17)15-27-3/h4-11H,12-15H2,1-3H3,(H,22,25)(H,23,26). The van der Waals surface area contributed by atoms with Crippen LogP contribution in [0.5, 0.6) is 0 Å². The normalized spacial score (nSPS) is 10.7. The second kappa shape index (κ2) is 10.4. The molecule has 2 amide bonds. The number of rotatable bonds is 9. The van der Waals surface area contributed by atoms with Gasteiger partial charge in [0.05, 0.1) is 19.7 Å². The van der Waals surface area contributed by atoms with Crippen molar-refractivity contribution in [2.45, 2.75) is 20.1 Å². The minimum absolute atomic E-state index is 0.124. The summed E-state index contributed by atoms with van der Waals surface area (Å²) in [5.41, 5.74) is 3.99. The molecule has 2 aromatic carbocycles. The molecule has 0 aliphatic carbocycles. The van der Waals surface area contributed by atoms with E-state index in [1.165, 1.54) is 0 Å². The highest BCUT2D eigenvalue weighted by molar-refractivity contribution is 5.92. The summed E-state index contributed by atoms with van der Waals surface area (Å²) in [6.07, 6.45) is 0. The van der Waals surface area contributed by atoms with Crippen molar-refractivity contribution in [3.8, 4) is 0 Å². The Labute approximate surface area is 160 Å². The minimum atomic E-state index is -0.150. The Hall–Kier alpha value is -2.70. The lowest BCUT2D eigenvalue weighted by Crippen LogP contribution is -2.38. The Balaban J connectivity index is 1.71. The van der Waals surface area contributed by atoms with Gasteiger partial charge in [-0.3, -0.25) is 14.5 Å². The number of likely N-dealkylation sites (N-methyl/N-ethyl adjacent to an activating group) is 1. The van der Waals surface area contributed by atoms with Gasteiger partial charge in [-0.1, -0.05) is 42.0 Å². The molecule has 144 valence electrons. The van der Waals surface area contributed by atoms with Gasteiger partial charge in [0.2, 0.25) is 11.8 Å². The predicted octanol–water partition coefficient (Wildman–Crippen LogP) is 2.33. The van der Waals surface area contributed by atoms with Crippen molar-refractivity contribution in [2.24, 2.45) is 0 Å². The van der Waals surface area contributed by atoms with Crippen LogP contribution in [0.25, 0.3) is 0 Å². The lowest BCUT2D eigenvalue weighted by molar-refractivity contribution is -0.123. The Kier molecular flexibility index (Phi) is 7.98. The SMILES string of the molecule is COCc1ccc(CNC(=O)CN(C)CC(=O)Nc2ccc(C)cc2)cc1. The molecule has 6 heteroatoms. The zero-order valence-electron chi connectivity index (χ0n) is 16.1. The summed E-state index contributed by atoms with van der Waals surface area (Å²) in [5, 5.41) is 5.69. The lowest BCUT2D eigenvalue weighted by atomic mass is 10.1. The molecule has 0 aromatic heterocycles. The average molecular weight is 369 g/mol. The number of ether oxygens (including phenoxy) is 1. The number of anilines is 1. The maximum Gasteiger partial charge on any atom is 0.238 e. The summed E-state index contributed by atoms with van der Waals surface area (Å²) in [6.45, 7) is 3.32. The number of hydrogen-bond donors (Lipinski definition) is 2. The van der Waals surface area contributed by atoms with Crippen LogP contribution in [0, 0.1) is 6.92 Å². The topological polar surface area (TPSA) is 70.7 Å². The molecule has 2 N–H and O–H groups in total. The molecule has 0 unspecified atom stereocenters. The summed E-state index contributed by atoms with van der Waals surface area (Å²) in [4.78, 5) is 25.8. The highest BCUT2D eigenvalue weighted by atomic mass is 16.5. The van der Waals surface area contributed by atoms with E-state index in [1.54, 1.807) is 19.1 Å². The third kappa shape index (κ3) is 7.60. The van der Waals surface area contributed by atoms with Crippen LogP contribution in [-0.4, -0.2) is 44.0 Å². The van der Waals surface area contributed by atoms with E-state index in [0.29, 0.717) is 13.2 Å². The van der Waals surface area contributed by atoms with Gasteiger partial charge in [-0.2, -0.15) is 0 Å². The molecular weight excluding hydrogens is 342 g/mol. The number of carbonyl (C=O) groups excluding carboxylic acids is 2. The van der Waals surface area contributed by atoms with Crippen molar-refractivity contribution in [3.05, 3.63) is 65.2 Å². The van der Waals surface area contributed by atoms with Crippen LogP contribution in [0.1, 0.15) is 16.7 Å². The average Bonchev–Trinajstić information content (AvgIpc) is 2.63. The Morgan fingerprint density at radius 1 is 0.926 bits per heavy atom. The maximum absolute atomic E-state index is 12.1. The van der Waals surface area contributed by atoms with E-state index in [2.05, 4.69) is 10.6 Å². The molecule has 0 fully saturated rings. The number of carbonyl (C=O) groups is 2. The van der Waals surface area contributed by atoms with Crippen LogP contribution in [0.3, 0.4) is 0 Å². The second-order valence-electron chi connectivity index (χ2n) is 6.61. The van der Waals surface area contributed by atoms with E-state index in [1.807, 2.05) is 55.5 Å². The summed E-state index contributed by atoms with van der Waals surface area (Å²) < 4.78 is 5.08. The highest BCUT2D eigenvalue weighted by Gasteiger charge is 2.11. The van der Waals surface area contributed by atoms with Crippen molar-refractivity contribution >= 4 is 17.5 Å². The molecule has 0 spiro atoms. The van der Waals surface area contributed by atoms with E-state index in [4.69, 9.17) is 4.74 Å². The van der Waals surface area contributed by atoms with Crippen LogP contribution < -0.4 is 10.6 Å². The molecule has 0 bridgehead atoms. The van der Waals surface area contributed by atoms with Crippen LogP contribution in [0.15, 0.2) is 48.5 Å². The smallest absolute Gasteiger partial charge is 0.238 e. The Morgan fingerprint density at radius 2 is 1.52 bits per heavy atom.